The monoisotopic (exact) mass is 193 g/mol. The van der Waals surface area contributed by atoms with Crippen molar-refractivity contribution in [2.75, 3.05) is 25.7 Å². The standard InChI is InChI=1S/C6H11NO4S/c1-7-6(5(8)11-2)3-12(9,10)4-6/h7H,3-4H2,1-2H3. The quantitative estimate of drug-likeness (QED) is 0.543. The van der Waals surface area contributed by atoms with Gasteiger partial charge in [0.25, 0.3) is 0 Å². The van der Waals surface area contributed by atoms with E-state index in [0.717, 1.165) is 0 Å². The lowest BCUT2D eigenvalue weighted by Gasteiger charge is -2.37. The van der Waals surface area contributed by atoms with E-state index in [1.54, 1.807) is 7.05 Å². The maximum Gasteiger partial charge on any atom is 0.328 e. The second-order valence-corrected chi connectivity index (χ2v) is 4.92. The van der Waals surface area contributed by atoms with Crippen LogP contribution < -0.4 is 5.32 Å². The van der Waals surface area contributed by atoms with Gasteiger partial charge in [-0.15, -0.1) is 0 Å². The van der Waals surface area contributed by atoms with Gasteiger partial charge in [-0.3, -0.25) is 0 Å². The predicted molar refractivity (Wildman–Crippen MR) is 42.5 cm³/mol. The van der Waals surface area contributed by atoms with E-state index in [1.165, 1.54) is 7.11 Å². The zero-order valence-corrected chi connectivity index (χ0v) is 7.77. The minimum absolute atomic E-state index is 0.164. The molecular formula is C6H11NO4S. The summed E-state index contributed by atoms with van der Waals surface area (Å²) in [5, 5.41) is 2.67. The van der Waals surface area contributed by atoms with Crippen molar-refractivity contribution >= 4 is 15.8 Å². The van der Waals surface area contributed by atoms with Gasteiger partial charge >= 0.3 is 5.97 Å². The first-order valence-electron chi connectivity index (χ1n) is 3.43. The molecule has 0 aromatic heterocycles. The third-order valence-corrected chi connectivity index (χ3v) is 3.85. The molecule has 1 heterocycles. The fourth-order valence-corrected chi connectivity index (χ4v) is 3.21. The fraction of sp³-hybridized carbons (Fsp3) is 0.833. The molecule has 0 aromatic carbocycles. The van der Waals surface area contributed by atoms with Gasteiger partial charge in [-0.2, -0.15) is 0 Å². The van der Waals surface area contributed by atoms with E-state index in [4.69, 9.17) is 0 Å². The normalized spacial score (nSPS) is 24.2. The minimum Gasteiger partial charge on any atom is -0.468 e. The van der Waals surface area contributed by atoms with E-state index in [0.29, 0.717) is 0 Å². The highest BCUT2D eigenvalue weighted by atomic mass is 32.2. The summed E-state index contributed by atoms with van der Waals surface area (Å²) in [4.78, 5) is 11.1. The number of ether oxygens (including phenoxy) is 1. The summed E-state index contributed by atoms with van der Waals surface area (Å²) in [5.74, 6) is -0.841. The Morgan fingerprint density at radius 1 is 1.50 bits per heavy atom. The average Bonchev–Trinajstić information content (AvgIpc) is 1.97. The second kappa shape index (κ2) is 2.70. The zero-order chi connectivity index (χ0) is 9.41. The number of methoxy groups -OCH3 is 1. The molecule has 0 aliphatic carbocycles. The van der Waals surface area contributed by atoms with E-state index in [2.05, 4.69) is 10.1 Å². The molecule has 1 saturated heterocycles. The molecule has 1 fully saturated rings. The molecule has 1 rings (SSSR count). The molecule has 0 spiro atoms. The van der Waals surface area contributed by atoms with Crippen LogP contribution in [0.5, 0.6) is 0 Å². The Morgan fingerprint density at radius 2 is 2.00 bits per heavy atom. The Morgan fingerprint density at radius 3 is 2.25 bits per heavy atom. The molecule has 0 saturated carbocycles. The van der Waals surface area contributed by atoms with Crippen molar-refractivity contribution in [1.82, 2.24) is 5.32 Å². The van der Waals surface area contributed by atoms with Crippen LogP contribution >= 0.6 is 0 Å². The van der Waals surface area contributed by atoms with E-state index >= 15 is 0 Å². The van der Waals surface area contributed by atoms with E-state index in [9.17, 15) is 13.2 Å². The largest absolute Gasteiger partial charge is 0.468 e. The molecule has 1 aliphatic rings. The molecule has 0 bridgehead atoms. The molecule has 0 aromatic rings. The van der Waals surface area contributed by atoms with Gasteiger partial charge < -0.3 is 10.1 Å². The summed E-state index contributed by atoms with van der Waals surface area (Å²) >= 11 is 0. The first kappa shape index (κ1) is 9.47. The van der Waals surface area contributed by atoms with Gasteiger partial charge in [0.2, 0.25) is 0 Å². The molecule has 0 unspecified atom stereocenters. The van der Waals surface area contributed by atoms with Crippen LogP contribution in [0.25, 0.3) is 0 Å². The first-order chi connectivity index (χ1) is 5.46. The van der Waals surface area contributed by atoms with Crippen molar-refractivity contribution in [3.05, 3.63) is 0 Å². The average molecular weight is 193 g/mol. The molecule has 6 heteroatoms. The minimum atomic E-state index is -3.02. The summed E-state index contributed by atoms with van der Waals surface area (Å²) in [6.07, 6.45) is 0. The van der Waals surface area contributed by atoms with Gasteiger partial charge in [0, 0.05) is 0 Å². The van der Waals surface area contributed by atoms with E-state index in [-0.39, 0.29) is 11.5 Å². The molecular weight excluding hydrogens is 182 g/mol. The lowest BCUT2D eigenvalue weighted by atomic mass is 10.1. The molecule has 12 heavy (non-hydrogen) atoms. The molecule has 70 valence electrons. The summed E-state index contributed by atoms with van der Waals surface area (Å²) in [5.41, 5.74) is -0.992. The maximum atomic E-state index is 11.1. The Labute approximate surface area is 71.0 Å². The number of sulfone groups is 1. The van der Waals surface area contributed by atoms with Crippen LogP contribution in [0.4, 0.5) is 0 Å². The highest BCUT2D eigenvalue weighted by Gasteiger charge is 2.54. The number of rotatable bonds is 2. The second-order valence-electron chi connectivity index (χ2n) is 2.86. The van der Waals surface area contributed by atoms with Gasteiger partial charge in [-0.05, 0) is 7.05 Å². The molecule has 0 atom stereocenters. The Kier molecular flexibility index (Phi) is 2.13. The number of hydrogen-bond acceptors (Lipinski definition) is 5. The number of carbonyl (C=O) groups is 1. The van der Waals surface area contributed by atoms with Crippen LogP contribution in [0.3, 0.4) is 0 Å². The van der Waals surface area contributed by atoms with Crippen LogP contribution in [0.2, 0.25) is 0 Å². The van der Waals surface area contributed by atoms with Gasteiger partial charge in [-0.1, -0.05) is 0 Å². The van der Waals surface area contributed by atoms with Crippen LogP contribution in [0.15, 0.2) is 0 Å². The van der Waals surface area contributed by atoms with Gasteiger partial charge in [-0.25, -0.2) is 13.2 Å². The smallest absolute Gasteiger partial charge is 0.328 e. The number of nitrogens with one attached hydrogen (secondary N) is 1. The molecule has 5 nitrogen and oxygen atoms in total. The highest BCUT2D eigenvalue weighted by molar-refractivity contribution is 7.93. The number of carbonyl (C=O) groups excluding carboxylic acids is 1. The number of esters is 1. The summed E-state index contributed by atoms with van der Waals surface area (Å²) in [6, 6.07) is 0. The van der Waals surface area contributed by atoms with Crippen LogP contribution in [0, 0.1) is 0 Å². The SMILES string of the molecule is CNC1(C(=O)OC)CS(=O)(=O)C1. The number of likely N-dealkylation sites (N-methyl/N-ethyl adjacent to an activating group) is 1. The van der Waals surface area contributed by atoms with Gasteiger partial charge in [0.15, 0.2) is 9.84 Å². The molecule has 0 radical (unpaired) electrons. The van der Waals surface area contributed by atoms with Crippen molar-refractivity contribution in [2.45, 2.75) is 5.54 Å². The van der Waals surface area contributed by atoms with Crippen molar-refractivity contribution in [2.24, 2.45) is 0 Å². The summed E-state index contributed by atoms with van der Waals surface area (Å²) < 4.78 is 26.1. The van der Waals surface area contributed by atoms with Crippen molar-refractivity contribution in [1.29, 1.82) is 0 Å². The fourth-order valence-electron chi connectivity index (χ4n) is 1.27. The molecule has 1 N–H and O–H groups in total. The van der Waals surface area contributed by atoms with Crippen LogP contribution in [0.1, 0.15) is 0 Å². The Balaban J connectivity index is 2.78. The third-order valence-electron chi connectivity index (χ3n) is 1.99. The van der Waals surface area contributed by atoms with Crippen LogP contribution in [-0.4, -0.2) is 45.6 Å². The summed E-state index contributed by atoms with van der Waals surface area (Å²) in [6.45, 7) is 0. The highest BCUT2D eigenvalue weighted by Crippen LogP contribution is 2.24. The van der Waals surface area contributed by atoms with E-state index < -0.39 is 21.3 Å². The zero-order valence-electron chi connectivity index (χ0n) is 6.96. The van der Waals surface area contributed by atoms with Gasteiger partial charge in [0.05, 0.1) is 18.6 Å². The van der Waals surface area contributed by atoms with Crippen molar-refractivity contribution < 1.29 is 17.9 Å². The van der Waals surface area contributed by atoms with Crippen molar-refractivity contribution in [3.63, 3.8) is 0 Å². The van der Waals surface area contributed by atoms with Crippen molar-refractivity contribution in [3.8, 4) is 0 Å². The predicted octanol–water partition coefficient (Wildman–Crippen LogP) is -1.45. The maximum absolute atomic E-state index is 11.1. The van der Waals surface area contributed by atoms with Crippen LogP contribution in [-0.2, 0) is 19.4 Å². The Bertz CT molecular complexity index is 283. The lowest BCUT2D eigenvalue weighted by molar-refractivity contribution is -0.147. The van der Waals surface area contributed by atoms with E-state index in [1.807, 2.05) is 0 Å². The Hall–Kier alpha value is -0.620. The molecule has 0 amide bonds. The lowest BCUT2D eigenvalue weighted by Crippen LogP contribution is -2.68. The summed E-state index contributed by atoms with van der Waals surface area (Å²) in [7, 11) is -0.230. The van der Waals surface area contributed by atoms with Gasteiger partial charge in [0.1, 0.15) is 5.54 Å². The molecule has 1 aliphatic heterocycles. The topological polar surface area (TPSA) is 72.5 Å². The number of hydrogen-bond donors (Lipinski definition) is 1. The first-order valence-corrected chi connectivity index (χ1v) is 5.26. The third kappa shape index (κ3) is 1.32.